The van der Waals surface area contributed by atoms with Gasteiger partial charge in [-0.2, -0.15) is 0 Å². The van der Waals surface area contributed by atoms with Gasteiger partial charge in [0.2, 0.25) is 0 Å². The van der Waals surface area contributed by atoms with Crippen molar-refractivity contribution in [3.63, 3.8) is 0 Å². The lowest BCUT2D eigenvalue weighted by Crippen LogP contribution is -2.26. The van der Waals surface area contributed by atoms with Crippen molar-refractivity contribution in [2.75, 3.05) is 17.6 Å². The molecular weight excluding hydrogens is 465 g/mol. The number of aromatic amines is 1. The van der Waals surface area contributed by atoms with Crippen molar-refractivity contribution in [2.24, 2.45) is 0 Å². The van der Waals surface area contributed by atoms with Crippen LogP contribution in [0.25, 0.3) is 21.5 Å². The molecule has 0 spiro atoms. The number of nitrogens with one attached hydrogen (secondary N) is 3. The lowest BCUT2D eigenvalue weighted by molar-refractivity contribution is 0.0954. The summed E-state index contributed by atoms with van der Waals surface area (Å²) < 4.78 is 13.1. The first-order chi connectivity index (χ1) is 17.1. The van der Waals surface area contributed by atoms with Crippen molar-refractivity contribution < 1.29 is 9.18 Å². The molecule has 0 saturated heterocycles. The molecule has 10 heteroatoms. The van der Waals surface area contributed by atoms with Gasteiger partial charge in [-0.25, -0.2) is 19.3 Å². The van der Waals surface area contributed by atoms with E-state index >= 15 is 0 Å². The second kappa shape index (κ2) is 9.90. The van der Waals surface area contributed by atoms with Crippen LogP contribution in [-0.2, 0) is 13.0 Å². The van der Waals surface area contributed by atoms with Crippen LogP contribution >= 0.6 is 11.3 Å². The summed E-state index contributed by atoms with van der Waals surface area (Å²) in [6, 6.07) is 13.8. The SMILES string of the molecule is Nc1ncnc2[nH]cc(-c3ccc(CNc4ncccc4C(=O)NCCc4ccc(F)cc4)s3)c12. The number of pyridine rings is 1. The molecule has 0 saturated carbocycles. The van der Waals surface area contributed by atoms with Crippen LogP contribution in [-0.4, -0.2) is 32.4 Å². The summed E-state index contributed by atoms with van der Waals surface area (Å²) in [5, 5.41) is 6.98. The highest BCUT2D eigenvalue weighted by Gasteiger charge is 2.15. The molecular formula is C25H22FN7OS. The van der Waals surface area contributed by atoms with E-state index in [0.29, 0.717) is 42.4 Å². The van der Waals surface area contributed by atoms with E-state index in [1.54, 1.807) is 41.8 Å². The number of thiophene rings is 1. The second-order valence-electron chi connectivity index (χ2n) is 7.84. The summed E-state index contributed by atoms with van der Waals surface area (Å²) in [4.78, 5) is 30.7. The van der Waals surface area contributed by atoms with Crippen LogP contribution in [0.4, 0.5) is 16.0 Å². The van der Waals surface area contributed by atoms with E-state index in [4.69, 9.17) is 5.73 Å². The molecule has 5 N–H and O–H groups in total. The van der Waals surface area contributed by atoms with E-state index in [0.717, 1.165) is 26.3 Å². The number of benzene rings is 1. The molecule has 5 rings (SSSR count). The molecule has 0 aliphatic rings. The number of carbonyl (C=O) groups is 1. The Morgan fingerprint density at radius 2 is 1.94 bits per heavy atom. The number of amides is 1. The smallest absolute Gasteiger partial charge is 0.255 e. The molecule has 0 aliphatic carbocycles. The minimum atomic E-state index is -0.277. The number of fused-ring (bicyclic) bond motifs is 1. The van der Waals surface area contributed by atoms with Crippen molar-refractivity contribution in [3.8, 4) is 10.4 Å². The number of rotatable bonds is 8. The summed E-state index contributed by atoms with van der Waals surface area (Å²) in [6.45, 7) is 0.941. The van der Waals surface area contributed by atoms with Crippen molar-refractivity contribution in [3.05, 3.63) is 89.1 Å². The second-order valence-corrected chi connectivity index (χ2v) is 9.00. The van der Waals surface area contributed by atoms with Crippen molar-refractivity contribution in [1.82, 2.24) is 25.3 Å². The van der Waals surface area contributed by atoms with Crippen LogP contribution < -0.4 is 16.4 Å². The van der Waals surface area contributed by atoms with E-state index in [2.05, 4.69) is 30.6 Å². The summed E-state index contributed by atoms with van der Waals surface area (Å²) in [5.41, 5.74) is 9.12. The number of nitrogens with zero attached hydrogens (tertiary/aromatic N) is 3. The van der Waals surface area contributed by atoms with Gasteiger partial charge in [-0.05, 0) is 48.4 Å². The fourth-order valence-corrected chi connectivity index (χ4v) is 4.74. The Kier molecular flexibility index (Phi) is 6.36. The van der Waals surface area contributed by atoms with E-state index < -0.39 is 0 Å². The lowest BCUT2D eigenvalue weighted by Gasteiger charge is -2.11. The lowest BCUT2D eigenvalue weighted by atomic mass is 10.1. The number of aromatic nitrogens is 4. The topological polar surface area (TPSA) is 122 Å². The normalized spacial score (nSPS) is 11.0. The molecule has 4 heterocycles. The molecule has 0 fully saturated rings. The van der Waals surface area contributed by atoms with Crippen LogP contribution in [0.1, 0.15) is 20.8 Å². The molecule has 176 valence electrons. The minimum absolute atomic E-state index is 0.219. The predicted octanol–water partition coefficient (Wildman–Crippen LogP) is 4.39. The van der Waals surface area contributed by atoms with Gasteiger partial charge in [0.25, 0.3) is 5.91 Å². The third kappa shape index (κ3) is 4.97. The number of nitrogen functional groups attached to an aromatic ring is 1. The van der Waals surface area contributed by atoms with E-state index in [-0.39, 0.29) is 11.7 Å². The highest BCUT2D eigenvalue weighted by molar-refractivity contribution is 7.15. The number of nitrogens with two attached hydrogens (primary N) is 1. The van der Waals surface area contributed by atoms with Crippen molar-refractivity contribution in [2.45, 2.75) is 13.0 Å². The van der Waals surface area contributed by atoms with Gasteiger partial charge in [0, 0.05) is 34.3 Å². The van der Waals surface area contributed by atoms with Gasteiger partial charge in [0.1, 0.15) is 29.4 Å². The number of H-pyrrole nitrogens is 1. The molecule has 0 aliphatic heterocycles. The van der Waals surface area contributed by atoms with Crippen molar-refractivity contribution in [1.29, 1.82) is 0 Å². The number of hydrogen-bond acceptors (Lipinski definition) is 7. The number of halogens is 1. The summed E-state index contributed by atoms with van der Waals surface area (Å²) in [6.07, 6.45) is 5.57. The molecule has 0 bridgehead atoms. The molecule has 0 atom stereocenters. The number of hydrogen-bond donors (Lipinski definition) is 4. The fourth-order valence-electron chi connectivity index (χ4n) is 3.77. The fraction of sp³-hybridized carbons (Fsp3) is 0.120. The zero-order valence-electron chi connectivity index (χ0n) is 18.6. The minimum Gasteiger partial charge on any atom is -0.383 e. The summed E-state index contributed by atoms with van der Waals surface area (Å²) >= 11 is 1.61. The first-order valence-electron chi connectivity index (χ1n) is 11.0. The molecule has 35 heavy (non-hydrogen) atoms. The third-order valence-electron chi connectivity index (χ3n) is 5.52. The summed E-state index contributed by atoms with van der Waals surface area (Å²) in [7, 11) is 0. The molecule has 8 nitrogen and oxygen atoms in total. The van der Waals surface area contributed by atoms with Gasteiger partial charge in [-0.3, -0.25) is 4.79 Å². The monoisotopic (exact) mass is 487 g/mol. The van der Waals surface area contributed by atoms with Gasteiger partial charge >= 0.3 is 0 Å². The Balaban J connectivity index is 1.23. The molecule has 5 aromatic rings. The van der Waals surface area contributed by atoms with Crippen LogP contribution in [0.5, 0.6) is 0 Å². The highest BCUT2D eigenvalue weighted by Crippen LogP contribution is 2.35. The van der Waals surface area contributed by atoms with E-state index in [1.807, 2.05) is 18.3 Å². The molecule has 1 aromatic carbocycles. The van der Waals surface area contributed by atoms with Crippen LogP contribution in [0, 0.1) is 5.82 Å². The maximum atomic E-state index is 13.1. The molecule has 0 radical (unpaired) electrons. The standard InChI is InChI=1S/C25H22FN7OS/c26-16-5-3-15(4-6-16)9-11-29-25(34)18-2-1-10-28-23(18)30-12-17-7-8-20(35-17)19-13-31-24-21(19)22(27)32-14-33-24/h1-8,10,13-14H,9,11-12H2,(H,28,30)(H,29,34)(H3,27,31,32,33). The number of anilines is 2. The van der Waals surface area contributed by atoms with Crippen LogP contribution in [0.15, 0.2) is 67.3 Å². The van der Waals surface area contributed by atoms with Gasteiger partial charge in [0.15, 0.2) is 0 Å². The van der Waals surface area contributed by atoms with Gasteiger partial charge in [-0.15, -0.1) is 11.3 Å². The van der Waals surface area contributed by atoms with Gasteiger partial charge in [-0.1, -0.05) is 12.1 Å². The summed E-state index contributed by atoms with van der Waals surface area (Å²) in [5.74, 6) is 0.444. The number of carbonyl (C=O) groups excluding carboxylic acids is 1. The van der Waals surface area contributed by atoms with Gasteiger partial charge in [0.05, 0.1) is 17.5 Å². The average molecular weight is 488 g/mol. The first kappa shape index (κ1) is 22.5. The van der Waals surface area contributed by atoms with Gasteiger partial charge < -0.3 is 21.4 Å². The molecule has 0 unspecified atom stereocenters. The molecule has 1 amide bonds. The third-order valence-corrected chi connectivity index (χ3v) is 6.64. The van der Waals surface area contributed by atoms with Crippen LogP contribution in [0.3, 0.4) is 0 Å². The molecule has 4 aromatic heterocycles. The Hall–Kier alpha value is -4.31. The maximum Gasteiger partial charge on any atom is 0.255 e. The van der Waals surface area contributed by atoms with Crippen LogP contribution in [0.2, 0.25) is 0 Å². The first-order valence-corrected chi connectivity index (χ1v) is 11.8. The quantitative estimate of drug-likeness (QED) is 0.258. The largest absolute Gasteiger partial charge is 0.383 e. The van der Waals surface area contributed by atoms with E-state index in [9.17, 15) is 9.18 Å². The Labute approximate surface area is 204 Å². The Morgan fingerprint density at radius 3 is 2.80 bits per heavy atom. The zero-order valence-corrected chi connectivity index (χ0v) is 19.4. The average Bonchev–Trinajstić information content (AvgIpc) is 3.52. The Morgan fingerprint density at radius 1 is 1.09 bits per heavy atom. The zero-order chi connectivity index (χ0) is 24.2. The maximum absolute atomic E-state index is 13.1. The predicted molar refractivity (Wildman–Crippen MR) is 136 cm³/mol. The Bertz CT molecular complexity index is 1480. The van der Waals surface area contributed by atoms with E-state index in [1.165, 1.54) is 18.5 Å². The van der Waals surface area contributed by atoms with Crippen molar-refractivity contribution >= 4 is 39.9 Å². The highest BCUT2D eigenvalue weighted by atomic mass is 32.1.